The normalized spacial score (nSPS) is 10.9. The molecule has 1 amide bonds. The molecule has 0 fully saturated rings. The summed E-state index contributed by atoms with van der Waals surface area (Å²) in [5.74, 6) is -0.278. The lowest BCUT2D eigenvalue weighted by Gasteiger charge is -2.12. The van der Waals surface area contributed by atoms with Crippen molar-refractivity contribution in [2.75, 3.05) is 21.3 Å². The molecule has 0 bridgehead atoms. The molecule has 0 saturated heterocycles. The number of ether oxygens (including phenoxy) is 2. The molecule has 0 unspecified atom stereocenters. The highest BCUT2D eigenvalue weighted by molar-refractivity contribution is 7.89. The molecule has 0 aliphatic rings. The molecule has 0 saturated carbocycles. The molecule has 0 spiro atoms. The number of primary sulfonamides is 1. The first-order chi connectivity index (χ1) is 8.35. The van der Waals surface area contributed by atoms with Crippen molar-refractivity contribution >= 4 is 15.9 Å². The molecule has 0 heterocycles. The molecule has 7 nitrogen and oxygen atoms in total. The van der Waals surface area contributed by atoms with E-state index < -0.39 is 15.9 Å². The summed E-state index contributed by atoms with van der Waals surface area (Å²) in [7, 11) is 0.0775. The van der Waals surface area contributed by atoms with Crippen molar-refractivity contribution in [2.45, 2.75) is 4.90 Å². The van der Waals surface area contributed by atoms with E-state index >= 15 is 0 Å². The summed E-state index contributed by atoms with van der Waals surface area (Å²) < 4.78 is 32.7. The Kier molecular flexibility index (Phi) is 4.15. The van der Waals surface area contributed by atoms with Gasteiger partial charge in [-0.05, 0) is 6.07 Å². The predicted octanol–water partition coefficient (Wildman–Crippen LogP) is -0.289. The highest BCUT2D eigenvalue weighted by Gasteiger charge is 2.21. The Bertz CT molecular complexity index is 568. The van der Waals surface area contributed by atoms with Crippen LogP contribution in [0.25, 0.3) is 0 Å². The van der Waals surface area contributed by atoms with Crippen LogP contribution >= 0.6 is 0 Å². The quantitative estimate of drug-likeness (QED) is 0.784. The number of hydrogen-bond acceptors (Lipinski definition) is 5. The fourth-order valence-electron chi connectivity index (χ4n) is 1.40. The van der Waals surface area contributed by atoms with Crippen molar-refractivity contribution in [2.24, 2.45) is 5.14 Å². The van der Waals surface area contributed by atoms with Gasteiger partial charge in [0.05, 0.1) is 19.8 Å². The van der Waals surface area contributed by atoms with Crippen molar-refractivity contribution in [3.05, 3.63) is 17.7 Å². The Hall–Kier alpha value is -1.80. The van der Waals surface area contributed by atoms with Gasteiger partial charge < -0.3 is 14.8 Å². The maximum atomic E-state index is 11.6. The molecule has 1 aromatic rings. The van der Waals surface area contributed by atoms with Crippen LogP contribution in [0, 0.1) is 0 Å². The SMILES string of the molecule is CNC(=O)c1cc(S(N)(=O)=O)c(OC)cc1OC. The minimum absolute atomic E-state index is 0.0157. The Balaban J connectivity index is 3.59. The van der Waals surface area contributed by atoms with Crippen LogP contribution < -0.4 is 19.9 Å². The molecule has 0 atom stereocenters. The monoisotopic (exact) mass is 274 g/mol. The lowest BCUT2D eigenvalue weighted by molar-refractivity contribution is 0.0960. The average molecular weight is 274 g/mol. The van der Waals surface area contributed by atoms with E-state index in [4.69, 9.17) is 14.6 Å². The third kappa shape index (κ3) is 2.71. The minimum atomic E-state index is -4.00. The second-order valence-electron chi connectivity index (χ2n) is 3.33. The molecule has 0 aliphatic heterocycles. The van der Waals surface area contributed by atoms with Gasteiger partial charge in [-0.1, -0.05) is 0 Å². The smallest absolute Gasteiger partial charge is 0.254 e. The number of amides is 1. The van der Waals surface area contributed by atoms with Gasteiger partial charge in [-0.15, -0.1) is 0 Å². The molecule has 3 N–H and O–H groups in total. The third-order valence-electron chi connectivity index (χ3n) is 2.26. The van der Waals surface area contributed by atoms with Gasteiger partial charge in [0.2, 0.25) is 10.0 Å². The molecule has 18 heavy (non-hydrogen) atoms. The Labute approximate surface area is 105 Å². The van der Waals surface area contributed by atoms with Gasteiger partial charge >= 0.3 is 0 Å². The highest BCUT2D eigenvalue weighted by atomic mass is 32.2. The number of carbonyl (C=O) groups excluding carboxylic acids is 1. The zero-order chi connectivity index (χ0) is 13.9. The fourth-order valence-corrected chi connectivity index (χ4v) is 2.11. The van der Waals surface area contributed by atoms with Crippen molar-refractivity contribution in [3.8, 4) is 11.5 Å². The standard InChI is InChI=1S/C10H14N2O5S/c1-12-10(13)6-4-9(18(11,14)15)8(17-3)5-7(6)16-2/h4-5H,1-3H3,(H,12,13)(H2,11,14,15). The topological polar surface area (TPSA) is 108 Å². The van der Waals surface area contributed by atoms with Crippen LogP contribution in [0.15, 0.2) is 17.0 Å². The van der Waals surface area contributed by atoms with Gasteiger partial charge in [0.15, 0.2) is 0 Å². The summed E-state index contributed by atoms with van der Waals surface area (Å²) in [5, 5.41) is 7.43. The summed E-state index contributed by atoms with van der Waals surface area (Å²) in [6, 6.07) is 2.41. The summed E-state index contributed by atoms with van der Waals surface area (Å²) >= 11 is 0. The molecule has 0 aromatic heterocycles. The Morgan fingerprint density at radius 1 is 1.22 bits per heavy atom. The largest absolute Gasteiger partial charge is 0.496 e. The van der Waals surface area contributed by atoms with Crippen LogP contribution in [0.5, 0.6) is 11.5 Å². The van der Waals surface area contributed by atoms with Crippen molar-refractivity contribution in [1.82, 2.24) is 5.32 Å². The van der Waals surface area contributed by atoms with Crippen LogP contribution in [-0.4, -0.2) is 35.6 Å². The maximum Gasteiger partial charge on any atom is 0.254 e. The first-order valence-electron chi connectivity index (χ1n) is 4.86. The number of nitrogens with one attached hydrogen (secondary N) is 1. The van der Waals surface area contributed by atoms with Crippen LogP contribution in [0.1, 0.15) is 10.4 Å². The van der Waals surface area contributed by atoms with E-state index in [1.165, 1.54) is 27.3 Å². The lowest BCUT2D eigenvalue weighted by atomic mass is 10.1. The number of sulfonamides is 1. The Morgan fingerprint density at radius 2 is 1.78 bits per heavy atom. The van der Waals surface area contributed by atoms with Gasteiger partial charge in [0.1, 0.15) is 16.4 Å². The second-order valence-corrected chi connectivity index (χ2v) is 4.86. The fraction of sp³-hybridized carbons (Fsp3) is 0.300. The van der Waals surface area contributed by atoms with E-state index in [0.29, 0.717) is 0 Å². The van der Waals surface area contributed by atoms with Crippen molar-refractivity contribution in [3.63, 3.8) is 0 Å². The third-order valence-corrected chi connectivity index (χ3v) is 3.20. The average Bonchev–Trinajstić information content (AvgIpc) is 2.34. The summed E-state index contributed by atoms with van der Waals surface area (Å²) in [5.41, 5.74) is 0.0600. The van der Waals surface area contributed by atoms with Crippen LogP contribution in [-0.2, 0) is 10.0 Å². The zero-order valence-corrected chi connectivity index (χ0v) is 11.0. The van der Waals surface area contributed by atoms with Gasteiger partial charge in [-0.3, -0.25) is 4.79 Å². The summed E-state index contributed by atoms with van der Waals surface area (Å²) in [4.78, 5) is 11.3. The van der Waals surface area contributed by atoms with E-state index in [1.54, 1.807) is 0 Å². The van der Waals surface area contributed by atoms with Crippen molar-refractivity contribution < 1.29 is 22.7 Å². The minimum Gasteiger partial charge on any atom is -0.496 e. The first-order valence-corrected chi connectivity index (χ1v) is 6.40. The van der Waals surface area contributed by atoms with Gasteiger partial charge in [0.25, 0.3) is 5.91 Å². The molecular formula is C10H14N2O5S. The number of nitrogens with two attached hydrogens (primary N) is 1. The predicted molar refractivity (Wildman–Crippen MR) is 64.3 cm³/mol. The lowest BCUT2D eigenvalue weighted by Crippen LogP contribution is -2.20. The molecule has 100 valence electrons. The molecule has 0 radical (unpaired) electrons. The van der Waals surface area contributed by atoms with Crippen LogP contribution in [0.2, 0.25) is 0 Å². The first kappa shape index (κ1) is 14.3. The number of carbonyl (C=O) groups is 1. The number of hydrogen-bond donors (Lipinski definition) is 2. The number of methoxy groups -OCH3 is 2. The maximum absolute atomic E-state index is 11.6. The van der Waals surface area contributed by atoms with E-state index in [9.17, 15) is 13.2 Å². The summed E-state index contributed by atoms with van der Waals surface area (Å²) in [6.45, 7) is 0. The van der Waals surface area contributed by atoms with Gasteiger partial charge in [0, 0.05) is 13.1 Å². The second kappa shape index (κ2) is 5.23. The van der Waals surface area contributed by atoms with Crippen LogP contribution in [0.4, 0.5) is 0 Å². The zero-order valence-electron chi connectivity index (χ0n) is 10.2. The molecule has 1 rings (SSSR count). The van der Waals surface area contributed by atoms with E-state index in [1.807, 2.05) is 0 Å². The molecule has 1 aromatic carbocycles. The molecule has 0 aliphatic carbocycles. The van der Waals surface area contributed by atoms with Gasteiger partial charge in [-0.25, -0.2) is 13.6 Å². The number of benzene rings is 1. The van der Waals surface area contributed by atoms with Crippen molar-refractivity contribution in [1.29, 1.82) is 0 Å². The van der Waals surface area contributed by atoms with E-state index in [-0.39, 0.29) is 22.0 Å². The summed E-state index contributed by atoms with van der Waals surface area (Å²) in [6.07, 6.45) is 0. The Morgan fingerprint density at radius 3 is 2.17 bits per heavy atom. The van der Waals surface area contributed by atoms with E-state index in [0.717, 1.165) is 6.07 Å². The molecule has 8 heteroatoms. The highest BCUT2D eigenvalue weighted by Crippen LogP contribution is 2.31. The van der Waals surface area contributed by atoms with Crippen LogP contribution in [0.3, 0.4) is 0 Å². The van der Waals surface area contributed by atoms with Gasteiger partial charge in [-0.2, -0.15) is 0 Å². The molecular weight excluding hydrogens is 260 g/mol. The number of rotatable bonds is 4. The van der Waals surface area contributed by atoms with E-state index in [2.05, 4.69) is 5.32 Å².